The van der Waals surface area contributed by atoms with Crippen LogP contribution in [0.1, 0.15) is 39.9 Å². The van der Waals surface area contributed by atoms with E-state index < -0.39 is 0 Å². The summed E-state index contributed by atoms with van der Waals surface area (Å²) in [6, 6.07) is 18.3. The lowest BCUT2D eigenvalue weighted by atomic mass is 10.00. The predicted octanol–water partition coefficient (Wildman–Crippen LogP) is 4.29. The average molecular weight is 372 g/mol. The molecule has 0 fully saturated rings. The van der Waals surface area contributed by atoms with Gasteiger partial charge < -0.3 is 10.2 Å². The molecule has 1 N–H and O–H groups in total. The van der Waals surface area contributed by atoms with Crippen molar-refractivity contribution in [2.24, 2.45) is 0 Å². The van der Waals surface area contributed by atoms with Crippen LogP contribution in [0.15, 0.2) is 54.6 Å². The molecule has 3 aromatic rings. The van der Waals surface area contributed by atoms with E-state index in [4.69, 9.17) is 0 Å². The molecule has 5 nitrogen and oxygen atoms in total. The quantitative estimate of drug-likeness (QED) is 0.742. The second-order valence-electron chi connectivity index (χ2n) is 7.11. The number of nitrogens with zero attached hydrogens (tertiary/aromatic N) is 3. The third kappa shape index (κ3) is 3.88. The van der Waals surface area contributed by atoms with Crippen molar-refractivity contribution in [3.8, 4) is 0 Å². The number of aryl methyl sites for hydroxylation is 2. The second-order valence-corrected chi connectivity index (χ2v) is 7.11. The number of fused-ring (bicyclic) bond motifs is 1. The molecule has 0 bridgehead atoms. The first-order chi connectivity index (χ1) is 13.6. The van der Waals surface area contributed by atoms with E-state index >= 15 is 0 Å². The minimum atomic E-state index is -0.0515. The molecule has 0 aliphatic carbocycles. The highest BCUT2D eigenvalue weighted by Crippen LogP contribution is 2.21. The van der Waals surface area contributed by atoms with Crippen LogP contribution in [0.5, 0.6) is 0 Å². The number of rotatable bonds is 4. The summed E-state index contributed by atoms with van der Waals surface area (Å²) in [6.07, 6.45) is 1.88. The predicted molar refractivity (Wildman–Crippen MR) is 111 cm³/mol. The maximum absolute atomic E-state index is 13.1. The van der Waals surface area contributed by atoms with Crippen molar-refractivity contribution in [1.29, 1.82) is 0 Å². The standard InChI is InChI=1S/C23H24N4O/c1-3-17-8-10-20(11-9-17)26-22-14-21(24-16(2)25-22)23(28)27-13-12-18-6-4-5-7-19(18)15-27/h4-11,14H,3,12-13,15H2,1-2H3,(H,24,25,26). The van der Waals surface area contributed by atoms with Gasteiger partial charge in [0.2, 0.25) is 0 Å². The Morgan fingerprint density at radius 2 is 1.82 bits per heavy atom. The molecule has 0 saturated carbocycles. The summed E-state index contributed by atoms with van der Waals surface area (Å²) < 4.78 is 0. The van der Waals surface area contributed by atoms with Crippen molar-refractivity contribution in [2.75, 3.05) is 11.9 Å². The number of aromatic nitrogens is 2. The number of hydrogen-bond donors (Lipinski definition) is 1. The summed E-state index contributed by atoms with van der Waals surface area (Å²) in [4.78, 5) is 23.8. The van der Waals surface area contributed by atoms with E-state index in [0.29, 0.717) is 30.4 Å². The first kappa shape index (κ1) is 18.2. The molecule has 0 saturated heterocycles. The van der Waals surface area contributed by atoms with Gasteiger partial charge in [0.25, 0.3) is 5.91 Å². The number of hydrogen-bond acceptors (Lipinski definition) is 4. The fraction of sp³-hybridized carbons (Fsp3) is 0.261. The van der Waals surface area contributed by atoms with Gasteiger partial charge in [-0.25, -0.2) is 9.97 Å². The molecule has 2 aromatic carbocycles. The van der Waals surface area contributed by atoms with E-state index in [1.54, 1.807) is 6.07 Å². The fourth-order valence-corrected chi connectivity index (χ4v) is 3.54. The Balaban J connectivity index is 1.54. The van der Waals surface area contributed by atoms with Gasteiger partial charge in [0.05, 0.1) is 0 Å². The van der Waals surface area contributed by atoms with Gasteiger partial charge in [0.1, 0.15) is 17.3 Å². The van der Waals surface area contributed by atoms with Crippen LogP contribution in [-0.2, 0) is 19.4 Å². The highest BCUT2D eigenvalue weighted by molar-refractivity contribution is 5.93. The second kappa shape index (κ2) is 7.80. The Morgan fingerprint density at radius 3 is 2.57 bits per heavy atom. The van der Waals surface area contributed by atoms with Crippen molar-refractivity contribution in [2.45, 2.75) is 33.2 Å². The molecule has 1 aromatic heterocycles. The molecule has 4 rings (SSSR count). The Bertz CT molecular complexity index is 998. The third-order valence-corrected chi connectivity index (χ3v) is 5.11. The van der Waals surface area contributed by atoms with Gasteiger partial charge in [-0.2, -0.15) is 0 Å². The van der Waals surface area contributed by atoms with Crippen molar-refractivity contribution in [3.05, 3.63) is 82.8 Å². The van der Waals surface area contributed by atoms with Gasteiger partial charge >= 0.3 is 0 Å². The average Bonchev–Trinajstić information content (AvgIpc) is 2.73. The maximum atomic E-state index is 13.1. The van der Waals surface area contributed by atoms with Gasteiger partial charge in [0.15, 0.2) is 0 Å². The molecule has 0 atom stereocenters. The summed E-state index contributed by atoms with van der Waals surface area (Å²) >= 11 is 0. The van der Waals surface area contributed by atoms with Crippen LogP contribution < -0.4 is 5.32 Å². The van der Waals surface area contributed by atoms with Crippen molar-refractivity contribution in [1.82, 2.24) is 14.9 Å². The number of carbonyl (C=O) groups is 1. The summed E-state index contributed by atoms with van der Waals surface area (Å²) in [6.45, 7) is 5.28. The van der Waals surface area contributed by atoms with Crippen LogP contribution in [0.2, 0.25) is 0 Å². The molecule has 0 radical (unpaired) electrons. The SMILES string of the molecule is CCc1ccc(Nc2cc(C(=O)N3CCc4ccccc4C3)nc(C)n2)cc1. The molecular weight excluding hydrogens is 348 g/mol. The zero-order chi connectivity index (χ0) is 19.5. The molecule has 1 aliphatic heterocycles. The monoisotopic (exact) mass is 372 g/mol. The minimum absolute atomic E-state index is 0.0515. The summed E-state index contributed by atoms with van der Waals surface area (Å²) in [5.74, 6) is 1.16. The summed E-state index contributed by atoms with van der Waals surface area (Å²) in [5.41, 5.74) is 5.19. The zero-order valence-corrected chi connectivity index (χ0v) is 16.3. The first-order valence-corrected chi connectivity index (χ1v) is 9.70. The highest BCUT2D eigenvalue weighted by Gasteiger charge is 2.23. The molecule has 142 valence electrons. The molecule has 0 spiro atoms. The summed E-state index contributed by atoms with van der Waals surface area (Å²) in [5, 5.41) is 3.29. The Morgan fingerprint density at radius 1 is 1.07 bits per heavy atom. The number of benzene rings is 2. The van der Waals surface area contributed by atoms with E-state index in [-0.39, 0.29) is 5.91 Å². The van der Waals surface area contributed by atoms with E-state index in [1.807, 2.05) is 30.0 Å². The van der Waals surface area contributed by atoms with Crippen LogP contribution in [0.25, 0.3) is 0 Å². The van der Waals surface area contributed by atoms with Crippen LogP contribution in [0.4, 0.5) is 11.5 Å². The molecule has 1 aliphatic rings. The Kier molecular flexibility index (Phi) is 5.06. The zero-order valence-electron chi connectivity index (χ0n) is 16.3. The molecule has 28 heavy (non-hydrogen) atoms. The minimum Gasteiger partial charge on any atom is -0.340 e. The van der Waals surface area contributed by atoms with Crippen LogP contribution in [-0.4, -0.2) is 27.3 Å². The van der Waals surface area contributed by atoms with E-state index in [2.05, 4.69) is 52.5 Å². The van der Waals surface area contributed by atoms with Gasteiger partial charge in [-0.1, -0.05) is 43.3 Å². The molecule has 5 heteroatoms. The van der Waals surface area contributed by atoms with E-state index in [0.717, 1.165) is 18.5 Å². The lowest BCUT2D eigenvalue weighted by molar-refractivity contribution is 0.0728. The van der Waals surface area contributed by atoms with Crippen LogP contribution >= 0.6 is 0 Å². The molecule has 0 unspecified atom stereocenters. The number of carbonyl (C=O) groups excluding carboxylic acids is 1. The number of amides is 1. The first-order valence-electron chi connectivity index (χ1n) is 9.70. The van der Waals surface area contributed by atoms with Crippen molar-refractivity contribution >= 4 is 17.4 Å². The Labute approximate surface area is 165 Å². The molecular formula is C23H24N4O. The van der Waals surface area contributed by atoms with Gasteiger partial charge in [-0.15, -0.1) is 0 Å². The normalized spacial score (nSPS) is 13.1. The van der Waals surface area contributed by atoms with E-state index in [9.17, 15) is 4.79 Å². The van der Waals surface area contributed by atoms with Crippen molar-refractivity contribution in [3.63, 3.8) is 0 Å². The van der Waals surface area contributed by atoms with Gasteiger partial charge in [0, 0.05) is 24.8 Å². The Hall–Kier alpha value is -3.21. The number of nitrogens with one attached hydrogen (secondary N) is 1. The largest absolute Gasteiger partial charge is 0.340 e. The smallest absolute Gasteiger partial charge is 0.272 e. The molecule has 1 amide bonds. The maximum Gasteiger partial charge on any atom is 0.272 e. The highest BCUT2D eigenvalue weighted by atomic mass is 16.2. The van der Waals surface area contributed by atoms with Gasteiger partial charge in [-0.05, 0) is 48.6 Å². The number of anilines is 2. The van der Waals surface area contributed by atoms with Crippen LogP contribution in [0.3, 0.4) is 0 Å². The van der Waals surface area contributed by atoms with Gasteiger partial charge in [-0.3, -0.25) is 4.79 Å². The third-order valence-electron chi connectivity index (χ3n) is 5.11. The van der Waals surface area contributed by atoms with Crippen molar-refractivity contribution < 1.29 is 4.79 Å². The lowest BCUT2D eigenvalue weighted by Gasteiger charge is -2.28. The van der Waals surface area contributed by atoms with E-state index in [1.165, 1.54) is 16.7 Å². The van der Waals surface area contributed by atoms with Crippen LogP contribution in [0, 0.1) is 6.92 Å². The summed E-state index contributed by atoms with van der Waals surface area (Å²) in [7, 11) is 0. The molecule has 2 heterocycles. The fourth-order valence-electron chi connectivity index (χ4n) is 3.54. The lowest BCUT2D eigenvalue weighted by Crippen LogP contribution is -2.36. The topological polar surface area (TPSA) is 58.1 Å².